The van der Waals surface area contributed by atoms with Crippen LogP contribution < -0.4 is 5.32 Å². The van der Waals surface area contributed by atoms with Crippen molar-refractivity contribution < 1.29 is 9.21 Å². The van der Waals surface area contributed by atoms with Crippen LogP contribution in [0.15, 0.2) is 29.0 Å². The number of furan rings is 1. The van der Waals surface area contributed by atoms with Crippen molar-refractivity contribution in [2.24, 2.45) is 0 Å². The minimum Gasteiger partial charge on any atom is -0.467 e. The Kier molecular flexibility index (Phi) is 5.22. The summed E-state index contributed by atoms with van der Waals surface area (Å²) in [5, 5.41) is 11.7. The van der Waals surface area contributed by atoms with E-state index in [-0.39, 0.29) is 6.03 Å². The largest absolute Gasteiger partial charge is 0.467 e. The molecule has 0 atom stereocenters. The molecule has 2 fully saturated rings. The van der Waals surface area contributed by atoms with E-state index in [1.165, 1.54) is 32.1 Å². The number of piperidine rings is 1. The van der Waals surface area contributed by atoms with Crippen molar-refractivity contribution in [2.45, 2.75) is 63.5 Å². The summed E-state index contributed by atoms with van der Waals surface area (Å²) in [6.07, 6.45) is 12.1. The molecule has 0 aromatic carbocycles. The number of rotatable bonds is 4. The van der Waals surface area contributed by atoms with Gasteiger partial charge in [0.2, 0.25) is 0 Å². The molecule has 0 unspecified atom stereocenters. The van der Waals surface area contributed by atoms with Crippen molar-refractivity contribution in [3.05, 3.63) is 36.0 Å². The molecule has 0 radical (unpaired) electrons. The average molecular weight is 357 g/mol. The van der Waals surface area contributed by atoms with Crippen LogP contribution in [0.25, 0.3) is 0 Å². The molecule has 4 rings (SSSR count). The monoisotopic (exact) mass is 357 g/mol. The highest BCUT2D eigenvalue weighted by Crippen LogP contribution is 2.32. The van der Waals surface area contributed by atoms with Crippen molar-refractivity contribution in [1.82, 2.24) is 25.2 Å². The molecule has 26 heavy (non-hydrogen) atoms. The van der Waals surface area contributed by atoms with Crippen LogP contribution in [0.5, 0.6) is 0 Å². The fraction of sp³-hybridized carbons (Fsp3) is 0.632. The van der Waals surface area contributed by atoms with Gasteiger partial charge in [0.1, 0.15) is 5.76 Å². The number of nitrogens with one attached hydrogen (secondary N) is 1. The average Bonchev–Trinajstić information content (AvgIpc) is 3.39. The normalized spacial score (nSPS) is 19.6. The predicted molar refractivity (Wildman–Crippen MR) is 96.6 cm³/mol. The maximum absolute atomic E-state index is 12.3. The van der Waals surface area contributed by atoms with Gasteiger partial charge < -0.3 is 14.6 Å². The maximum atomic E-state index is 12.3. The smallest absolute Gasteiger partial charge is 0.317 e. The van der Waals surface area contributed by atoms with Gasteiger partial charge in [-0.05, 0) is 37.8 Å². The molecular weight excluding hydrogens is 330 g/mol. The second kappa shape index (κ2) is 7.93. The molecule has 0 spiro atoms. The molecule has 3 heterocycles. The van der Waals surface area contributed by atoms with Crippen molar-refractivity contribution in [2.75, 3.05) is 13.1 Å². The fourth-order valence-electron chi connectivity index (χ4n) is 4.08. The van der Waals surface area contributed by atoms with Gasteiger partial charge in [-0.2, -0.15) is 0 Å². The zero-order valence-electron chi connectivity index (χ0n) is 15.1. The Morgan fingerprint density at radius 3 is 2.73 bits per heavy atom. The fourth-order valence-corrected chi connectivity index (χ4v) is 4.08. The molecule has 140 valence electrons. The first-order chi connectivity index (χ1) is 12.8. The Bertz CT molecular complexity index is 697. The minimum absolute atomic E-state index is 0.0265. The van der Waals surface area contributed by atoms with E-state index in [1.807, 2.05) is 21.7 Å². The van der Waals surface area contributed by atoms with E-state index in [4.69, 9.17) is 4.42 Å². The van der Waals surface area contributed by atoms with Crippen LogP contribution in [0.3, 0.4) is 0 Å². The third-order valence-electron chi connectivity index (χ3n) is 5.67. The number of hydrogen-bond acceptors (Lipinski definition) is 4. The van der Waals surface area contributed by atoms with E-state index >= 15 is 0 Å². The molecule has 2 aliphatic rings. The predicted octanol–water partition coefficient (Wildman–Crippen LogP) is 3.47. The molecule has 2 aromatic heterocycles. The van der Waals surface area contributed by atoms with Crippen molar-refractivity contribution in [3.8, 4) is 0 Å². The number of carbonyl (C=O) groups is 1. The minimum atomic E-state index is -0.0265. The van der Waals surface area contributed by atoms with Crippen LogP contribution >= 0.6 is 0 Å². The lowest BCUT2D eigenvalue weighted by atomic mass is 9.87. The molecule has 1 aliphatic carbocycles. The Balaban J connectivity index is 1.26. The van der Waals surface area contributed by atoms with Crippen LogP contribution in [0.1, 0.15) is 68.4 Å². The number of carbonyl (C=O) groups excluding carboxylic acids is 1. The molecule has 1 aliphatic heterocycles. The highest BCUT2D eigenvalue weighted by Gasteiger charge is 2.26. The summed E-state index contributed by atoms with van der Waals surface area (Å²) in [7, 11) is 0. The van der Waals surface area contributed by atoms with E-state index < -0.39 is 0 Å². The third-order valence-corrected chi connectivity index (χ3v) is 5.67. The van der Waals surface area contributed by atoms with E-state index in [0.29, 0.717) is 18.5 Å². The highest BCUT2D eigenvalue weighted by atomic mass is 16.3. The van der Waals surface area contributed by atoms with Gasteiger partial charge >= 0.3 is 6.03 Å². The molecule has 1 saturated heterocycles. The zero-order valence-corrected chi connectivity index (χ0v) is 15.1. The van der Waals surface area contributed by atoms with E-state index in [1.54, 1.807) is 6.26 Å². The molecule has 7 nitrogen and oxygen atoms in total. The summed E-state index contributed by atoms with van der Waals surface area (Å²) < 4.78 is 7.28. The Labute approximate surface area is 153 Å². The molecular formula is C19H27N5O2. The van der Waals surface area contributed by atoms with Crippen LogP contribution in [-0.2, 0) is 6.54 Å². The Morgan fingerprint density at radius 2 is 2.00 bits per heavy atom. The maximum Gasteiger partial charge on any atom is 0.317 e. The lowest BCUT2D eigenvalue weighted by molar-refractivity contribution is 0.167. The van der Waals surface area contributed by atoms with Gasteiger partial charge in [0.15, 0.2) is 0 Å². The van der Waals surface area contributed by atoms with Gasteiger partial charge in [-0.3, -0.25) is 0 Å². The first kappa shape index (κ1) is 17.1. The van der Waals surface area contributed by atoms with Gasteiger partial charge in [0, 0.05) is 25.2 Å². The molecule has 2 amide bonds. The van der Waals surface area contributed by atoms with Gasteiger partial charge in [0.25, 0.3) is 0 Å². The molecule has 1 saturated carbocycles. The quantitative estimate of drug-likeness (QED) is 0.909. The number of aromatic nitrogens is 3. The number of nitrogens with zero attached hydrogens (tertiary/aromatic N) is 4. The first-order valence-electron chi connectivity index (χ1n) is 9.76. The number of urea groups is 1. The van der Waals surface area contributed by atoms with Crippen LogP contribution in [0.2, 0.25) is 0 Å². The van der Waals surface area contributed by atoms with Crippen LogP contribution in [-0.4, -0.2) is 39.0 Å². The van der Waals surface area contributed by atoms with Crippen molar-refractivity contribution in [3.63, 3.8) is 0 Å². The highest BCUT2D eigenvalue weighted by molar-refractivity contribution is 5.74. The van der Waals surface area contributed by atoms with Gasteiger partial charge in [-0.25, -0.2) is 9.48 Å². The summed E-state index contributed by atoms with van der Waals surface area (Å²) in [6, 6.07) is 4.00. The SMILES string of the molecule is O=C(NCc1ccco1)N1CCC(n2cc(C3CCCCC3)nn2)CC1. The van der Waals surface area contributed by atoms with Crippen molar-refractivity contribution >= 4 is 6.03 Å². The summed E-state index contributed by atoms with van der Waals surface area (Å²) in [5.74, 6) is 1.36. The van der Waals surface area contributed by atoms with Crippen LogP contribution in [0, 0.1) is 0 Å². The number of hydrogen-bond donors (Lipinski definition) is 1. The lowest BCUT2D eigenvalue weighted by Gasteiger charge is -2.31. The molecule has 7 heteroatoms. The van der Waals surface area contributed by atoms with E-state index in [9.17, 15) is 4.79 Å². The number of likely N-dealkylation sites (tertiary alicyclic amines) is 1. The van der Waals surface area contributed by atoms with Gasteiger partial charge in [-0.1, -0.05) is 24.5 Å². The third kappa shape index (κ3) is 3.92. The Morgan fingerprint density at radius 1 is 1.19 bits per heavy atom. The van der Waals surface area contributed by atoms with Crippen molar-refractivity contribution in [1.29, 1.82) is 0 Å². The topological polar surface area (TPSA) is 76.2 Å². The molecule has 1 N–H and O–H groups in total. The summed E-state index contributed by atoms with van der Waals surface area (Å²) in [5.41, 5.74) is 1.16. The molecule has 0 bridgehead atoms. The van der Waals surface area contributed by atoms with Gasteiger partial charge in [0.05, 0.1) is 24.5 Å². The van der Waals surface area contributed by atoms with Gasteiger partial charge in [-0.15, -0.1) is 5.10 Å². The van der Waals surface area contributed by atoms with Crippen LogP contribution in [0.4, 0.5) is 4.79 Å². The zero-order chi connectivity index (χ0) is 17.8. The summed E-state index contributed by atoms with van der Waals surface area (Å²) in [4.78, 5) is 14.2. The van der Waals surface area contributed by atoms with E-state index in [2.05, 4.69) is 21.8 Å². The number of amides is 2. The standard InChI is InChI=1S/C19H27N5O2/c25-19(20-13-17-7-4-12-26-17)23-10-8-16(9-11-23)24-14-18(21-22-24)15-5-2-1-3-6-15/h4,7,12,14-16H,1-3,5-6,8-11,13H2,(H,20,25). The second-order valence-electron chi connectivity index (χ2n) is 7.41. The first-order valence-corrected chi connectivity index (χ1v) is 9.76. The summed E-state index contributed by atoms with van der Waals surface area (Å²) in [6.45, 7) is 1.92. The molecule has 2 aromatic rings. The second-order valence-corrected chi connectivity index (χ2v) is 7.41. The van der Waals surface area contributed by atoms with E-state index in [0.717, 1.165) is 37.4 Å². The Hall–Kier alpha value is -2.31. The lowest BCUT2D eigenvalue weighted by Crippen LogP contribution is -2.44. The summed E-state index contributed by atoms with van der Waals surface area (Å²) >= 11 is 0.